The van der Waals surface area contributed by atoms with Crippen molar-refractivity contribution in [1.82, 2.24) is 0 Å². The van der Waals surface area contributed by atoms with Crippen LogP contribution in [-0.4, -0.2) is 3.21 Å². The number of rotatable bonds is 3. The predicted molar refractivity (Wildman–Crippen MR) is 226 cm³/mol. The van der Waals surface area contributed by atoms with E-state index in [1.807, 2.05) is 0 Å². The molecule has 4 aliphatic rings. The van der Waals surface area contributed by atoms with Gasteiger partial charge in [0.25, 0.3) is 0 Å². The summed E-state index contributed by atoms with van der Waals surface area (Å²) in [5.74, 6) is 0.522. The third kappa shape index (κ3) is 8.03. The van der Waals surface area contributed by atoms with Crippen LogP contribution in [0.25, 0.3) is 22.3 Å². The van der Waals surface area contributed by atoms with E-state index in [-0.39, 0.29) is 10.8 Å². The van der Waals surface area contributed by atoms with Crippen molar-refractivity contribution in [2.24, 2.45) is 11.3 Å². The Bertz CT molecular complexity index is 2070. The molecule has 53 heavy (non-hydrogen) atoms. The third-order valence-electron chi connectivity index (χ3n) is 11.4. The van der Waals surface area contributed by atoms with E-state index in [2.05, 4.69) is 187 Å². The summed E-state index contributed by atoms with van der Waals surface area (Å²) < 4.78 is 1.42. The molecule has 4 aromatic rings. The molecule has 0 aromatic heterocycles. The predicted octanol–water partition coefficient (Wildman–Crippen LogP) is 13.6. The molecule has 1 atom stereocenters. The van der Waals surface area contributed by atoms with E-state index in [0.717, 1.165) is 12.8 Å². The average Bonchev–Trinajstić information content (AvgIpc) is 3.78. The van der Waals surface area contributed by atoms with E-state index in [4.69, 9.17) is 0 Å². The van der Waals surface area contributed by atoms with Gasteiger partial charge >= 0.3 is 112 Å². The number of aryl methyl sites for hydroxylation is 2. The Morgan fingerprint density at radius 2 is 1.25 bits per heavy atom. The second kappa shape index (κ2) is 14.7. The zero-order chi connectivity index (χ0) is 38.6. The Balaban J connectivity index is 0.000000148. The monoisotopic (exact) mass is 772 g/mol. The van der Waals surface area contributed by atoms with Crippen LogP contribution >= 0.6 is 0 Å². The van der Waals surface area contributed by atoms with Crippen LogP contribution < -0.4 is 0 Å². The molecule has 8 rings (SSSR count). The zero-order valence-corrected chi connectivity index (χ0v) is 37.0. The number of allylic oxidation sites excluding steroid dienone is 8. The second-order valence-electron chi connectivity index (χ2n) is 17.9. The van der Waals surface area contributed by atoms with Crippen LogP contribution in [-0.2, 0) is 41.5 Å². The molecule has 4 aliphatic carbocycles. The van der Waals surface area contributed by atoms with Gasteiger partial charge in [0.1, 0.15) is 0 Å². The van der Waals surface area contributed by atoms with Crippen LogP contribution in [0, 0.1) is 37.3 Å². The maximum absolute atomic E-state index is 3.65. The summed E-state index contributed by atoms with van der Waals surface area (Å²) in [6.07, 6.45) is 14.1. The van der Waals surface area contributed by atoms with E-state index in [1.54, 1.807) is 0 Å². The van der Waals surface area contributed by atoms with Crippen molar-refractivity contribution in [3.63, 3.8) is 0 Å². The first-order chi connectivity index (χ1) is 24.8. The Morgan fingerprint density at radius 1 is 0.736 bits per heavy atom. The van der Waals surface area contributed by atoms with Crippen molar-refractivity contribution in [2.45, 2.75) is 114 Å². The van der Waals surface area contributed by atoms with Gasteiger partial charge < -0.3 is 0 Å². The molecule has 0 heterocycles. The molecule has 0 radical (unpaired) electrons. The molecule has 4 aromatic carbocycles. The summed E-state index contributed by atoms with van der Waals surface area (Å²) in [6, 6.07) is 27.3. The Labute approximate surface area is 336 Å². The molecule has 0 N–H and O–H groups in total. The molecule has 0 saturated carbocycles. The van der Waals surface area contributed by atoms with Gasteiger partial charge in [0.2, 0.25) is 0 Å². The van der Waals surface area contributed by atoms with Crippen LogP contribution in [0.5, 0.6) is 0 Å². The zero-order valence-electron chi connectivity index (χ0n) is 34.6. The summed E-state index contributed by atoms with van der Waals surface area (Å²) in [4.78, 5) is 0. The molecular formula is C52H58Zr. The quantitative estimate of drug-likeness (QED) is 0.160. The molecule has 270 valence electrons. The molecule has 0 fully saturated rings. The van der Waals surface area contributed by atoms with E-state index >= 15 is 0 Å². The van der Waals surface area contributed by atoms with E-state index in [1.165, 1.54) is 116 Å². The molecular weight excluding hydrogens is 716 g/mol. The molecule has 1 unspecified atom stereocenters. The Morgan fingerprint density at radius 3 is 1.74 bits per heavy atom. The first kappa shape index (κ1) is 39.3. The van der Waals surface area contributed by atoms with Crippen molar-refractivity contribution in [1.29, 1.82) is 0 Å². The molecule has 0 saturated heterocycles. The minimum atomic E-state index is 0.0340. The van der Waals surface area contributed by atoms with E-state index in [0.29, 0.717) is 11.3 Å². The summed E-state index contributed by atoms with van der Waals surface area (Å²) in [7, 11) is 0. The topological polar surface area (TPSA) is 0 Å². The standard InChI is InChI=1S/C25H25.C15H14.C12H19.Zr/c1-14-12-24(3,4)22-8-16-7-17-9-23-19(15(2)13-25(23,5)6)11-21(17)20(16)10-18(14)22;1-12-3-7-14(8-4-12)11-15-9-5-13(2)6-10-15;1-6-10-7-9(2)8-11(10)12(3,4)5;/h8-12H,7H2,1-6H3;3-10H,1-2H3;8-9H,6H2,1-5H3;/q-1;;-1;+2. The fourth-order valence-electron chi connectivity index (χ4n) is 8.62. The minimum absolute atomic E-state index is 0.0340. The van der Waals surface area contributed by atoms with Gasteiger partial charge in [0.05, 0.1) is 0 Å². The van der Waals surface area contributed by atoms with Crippen LogP contribution in [0.15, 0.2) is 96.1 Å². The van der Waals surface area contributed by atoms with Crippen molar-refractivity contribution in [2.75, 3.05) is 0 Å². The first-order valence-corrected chi connectivity index (χ1v) is 20.8. The molecule has 0 spiro atoms. The summed E-state index contributed by atoms with van der Waals surface area (Å²) in [6.45, 7) is 29.2. The third-order valence-corrected chi connectivity index (χ3v) is 12.8. The van der Waals surface area contributed by atoms with Crippen LogP contribution in [0.2, 0.25) is 0 Å². The van der Waals surface area contributed by atoms with Gasteiger partial charge in [0.15, 0.2) is 0 Å². The Hall–Kier alpha value is -3.41. The molecule has 1 heteroatoms. The van der Waals surface area contributed by atoms with Gasteiger partial charge in [-0.05, 0) is 58.4 Å². The van der Waals surface area contributed by atoms with Gasteiger partial charge in [-0.25, -0.2) is 11.1 Å². The van der Waals surface area contributed by atoms with E-state index in [9.17, 15) is 0 Å². The van der Waals surface area contributed by atoms with Crippen LogP contribution in [0.1, 0.15) is 138 Å². The van der Waals surface area contributed by atoms with Gasteiger partial charge in [-0.15, -0.1) is 11.6 Å². The fourth-order valence-corrected chi connectivity index (χ4v) is 9.44. The average molecular weight is 774 g/mol. The molecule has 0 aliphatic heterocycles. The summed E-state index contributed by atoms with van der Waals surface area (Å²) in [5, 5.41) is 0. The van der Waals surface area contributed by atoms with Crippen molar-refractivity contribution in [3.05, 3.63) is 164 Å². The van der Waals surface area contributed by atoms with Gasteiger partial charge in [-0.1, -0.05) is 111 Å². The van der Waals surface area contributed by atoms with Gasteiger partial charge in [-0.3, -0.25) is 12.2 Å². The van der Waals surface area contributed by atoms with Crippen LogP contribution in [0.3, 0.4) is 0 Å². The molecule has 0 nitrogen and oxygen atoms in total. The first-order valence-electron chi connectivity index (χ1n) is 19.5. The SMILES string of the molecule is CC1=[C-]C(C)(C)c2cc3c(cc21)-c1cc2c(cc1C3)C(C)(C)C=C2C.CCC1=[C-]C(C)C=C1C(C)(C)C.Cc1ccc([C](=[Zr+2])c2ccc(C)cc2)cc1. The van der Waals surface area contributed by atoms with Gasteiger partial charge in [0, 0.05) is 5.41 Å². The normalized spacial score (nSPS) is 18.2. The molecule has 0 amide bonds. The number of hydrogen-bond donors (Lipinski definition) is 0. The number of hydrogen-bond acceptors (Lipinski definition) is 0. The number of benzene rings is 4. The van der Waals surface area contributed by atoms with Gasteiger partial charge in [-0.2, -0.15) is 17.2 Å². The summed E-state index contributed by atoms with van der Waals surface area (Å²) in [5.41, 5.74) is 23.1. The maximum atomic E-state index is 3.65. The molecule has 0 bridgehead atoms. The number of fused-ring (bicyclic) bond motifs is 5. The van der Waals surface area contributed by atoms with Crippen molar-refractivity contribution >= 4 is 14.4 Å². The Kier molecular flexibility index (Phi) is 10.9. The fraction of sp³-hybridized carbons (Fsp3) is 0.365. The van der Waals surface area contributed by atoms with Crippen molar-refractivity contribution in [3.8, 4) is 11.1 Å². The van der Waals surface area contributed by atoms with Crippen LogP contribution in [0.4, 0.5) is 0 Å². The summed E-state index contributed by atoms with van der Waals surface area (Å²) >= 11 is 1.46. The van der Waals surface area contributed by atoms with E-state index < -0.39 is 0 Å². The second-order valence-corrected chi connectivity index (χ2v) is 19.1. The van der Waals surface area contributed by atoms with Crippen molar-refractivity contribution < 1.29 is 24.2 Å².